The molecule has 120 valence electrons. The Labute approximate surface area is 122 Å². The van der Waals surface area contributed by atoms with Gasteiger partial charge in [0, 0.05) is 19.5 Å². The minimum Gasteiger partial charge on any atom is -0.481 e. The molecule has 0 aromatic carbocycles. The van der Waals surface area contributed by atoms with Gasteiger partial charge in [-0.3, -0.25) is 4.79 Å². The van der Waals surface area contributed by atoms with E-state index in [2.05, 4.69) is 5.32 Å². The van der Waals surface area contributed by atoms with Crippen molar-refractivity contribution in [1.82, 2.24) is 10.2 Å². The van der Waals surface area contributed by atoms with Gasteiger partial charge in [0.15, 0.2) is 0 Å². The summed E-state index contributed by atoms with van der Waals surface area (Å²) in [6.07, 6.45) is 0.440. The number of carbonyl (C=O) groups is 3. The number of amides is 2. The van der Waals surface area contributed by atoms with Crippen molar-refractivity contribution in [3.8, 4) is 0 Å². The Balaban J connectivity index is 2.47. The number of nitrogens with one attached hydrogen (secondary N) is 1. The van der Waals surface area contributed by atoms with Crippen LogP contribution in [-0.2, 0) is 9.59 Å². The number of carboxylic acid groups (broad SMARTS) is 2. The van der Waals surface area contributed by atoms with E-state index in [1.165, 1.54) is 4.90 Å². The molecule has 21 heavy (non-hydrogen) atoms. The molecular formula is C13H22N2O6. The maximum absolute atomic E-state index is 12.0. The first-order valence-electron chi connectivity index (χ1n) is 6.99. The standard InChI is InChI=1S/C13H22N2O6/c1-8(16)9-4-6-15(7-5-9)13(21)14-10(12(19)20)2-3-11(17)18/h8-10,16H,2-7H2,1H3,(H,14,21)(H,17,18)(H,19,20). The molecule has 0 aromatic heterocycles. The summed E-state index contributed by atoms with van der Waals surface area (Å²) < 4.78 is 0. The third kappa shape index (κ3) is 5.58. The minimum atomic E-state index is -1.25. The molecule has 1 saturated heterocycles. The van der Waals surface area contributed by atoms with E-state index in [0.717, 1.165) is 0 Å². The van der Waals surface area contributed by atoms with Gasteiger partial charge in [-0.1, -0.05) is 0 Å². The molecule has 0 aliphatic carbocycles. The van der Waals surface area contributed by atoms with Gasteiger partial charge in [0.05, 0.1) is 6.10 Å². The molecule has 1 fully saturated rings. The van der Waals surface area contributed by atoms with Gasteiger partial charge in [-0.05, 0) is 32.1 Å². The van der Waals surface area contributed by atoms with Crippen LogP contribution in [0.3, 0.4) is 0 Å². The van der Waals surface area contributed by atoms with Crippen molar-refractivity contribution in [3.05, 3.63) is 0 Å². The number of rotatable bonds is 6. The average Bonchev–Trinajstić information content (AvgIpc) is 2.42. The largest absolute Gasteiger partial charge is 0.481 e. The molecule has 8 heteroatoms. The lowest BCUT2D eigenvalue weighted by Crippen LogP contribution is -2.50. The van der Waals surface area contributed by atoms with E-state index < -0.39 is 30.1 Å². The molecule has 2 unspecified atom stereocenters. The number of likely N-dealkylation sites (tertiary alicyclic amines) is 1. The van der Waals surface area contributed by atoms with E-state index in [0.29, 0.717) is 25.9 Å². The highest BCUT2D eigenvalue weighted by Crippen LogP contribution is 2.20. The zero-order valence-corrected chi connectivity index (χ0v) is 12.0. The fourth-order valence-electron chi connectivity index (χ4n) is 2.35. The summed E-state index contributed by atoms with van der Waals surface area (Å²) in [7, 11) is 0. The Hall–Kier alpha value is -1.83. The van der Waals surface area contributed by atoms with Crippen LogP contribution in [0.25, 0.3) is 0 Å². The molecule has 0 aromatic rings. The Morgan fingerprint density at radius 1 is 1.24 bits per heavy atom. The Morgan fingerprint density at radius 3 is 2.24 bits per heavy atom. The number of piperidine rings is 1. The molecule has 0 bridgehead atoms. The second-order valence-electron chi connectivity index (χ2n) is 5.34. The Kier molecular flexibility index (Phi) is 6.41. The van der Waals surface area contributed by atoms with Crippen LogP contribution >= 0.6 is 0 Å². The first kappa shape index (κ1) is 17.2. The number of nitrogens with zero attached hydrogens (tertiary/aromatic N) is 1. The van der Waals surface area contributed by atoms with E-state index in [-0.39, 0.29) is 18.8 Å². The second-order valence-corrected chi connectivity index (χ2v) is 5.34. The van der Waals surface area contributed by atoms with Crippen LogP contribution in [0.2, 0.25) is 0 Å². The van der Waals surface area contributed by atoms with Crippen molar-refractivity contribution < 1.29 is 29.7 Å². The minimum absolute atomic E-state index is 0.149. The van der Waals surface area contributed by atoms with Crippen molar-refractivity contribution in [2.75, 3.05) is 13.1 Å². The van der Waals surface area contributed by atoms with E-state index in [1.54, 1.807) is 6.92 Å². The monoisotopic (exact) mass is 302 g/mol. The molecule has 2 atom stereocenters. The Morgan fingerprint density at radius 2 is 1.81 bits per heavy atom. The number of aliphatic hydroxyl groups is 1. The lowest BCUT2D eigenvalue weighted by Gasteiger charge is -2.33. The predicted molar refractivity (Wildman–Crippen MR) is 72.8 cm³/mol. The van der Waals surface area contributed by atoms with Gasteiger partial charge in [-0.25, -0.2) is 9.59 Å². The Bertz CT molecular complexity index is 390. The zero-order chi connectivity index (χ0) is 16.0. The molecule has 8 nitrogen and oxygen atoms in total. The van der Waals surface area contributed by atoms with Gasteiger partial charge in [0.1, 0.15) is 6.04 Å². The number of aliphatic hydroxyl groups excluding tert-OH is 1. The molecule has 1 aliphatic heterocycles. The van der Waals surface area contributed by atoms with Crippen LogP contribution in [0.5, 0.6) is 0 Å². The quantitative estimate of drug-likeness (QED) is 0.551. The molecule has 0 saturated carbocycles. The lowest BCUT2D eigenvalue weighted by atomic mass is 9.92. The normalized spacial score (nSPS) is 18.9. The topological polar surface area (TPSA) is 127 Å². The summed E-state index contributed by atoms with van der Waals surface area (Å²) in [6, 6.07) is -1.71. The molecule has 1 rings (SSSR count). The third-order valence-electron chi connectivity index (χ3n) is 3.75. The van der Waals surface area contributed by atoms with Crippen LogP contribution in [0.4, 0.5) is 4.79 Å². The second kappa shape index (κ2) is 7.82. The van der Waals surface area contributed by atoms with E-state index in [9.17, 15) is 19.5 Å². The molecular weight excluding hydrogens is 280 g/mol. The van der Waals surface area contributed by atoms with Crippen LogP contribution in [0.1, 0.15) is 32.6 Å². The van der Waals surface area contributed by atoms with Crippen LogP contribution in [-0.4, -0.2) is 63.4 Å². The van der Waals surface area contributed by atoms with Crippen LogP contribution in [0, 0.1) is 5.92 Å². The van der Waals surface area contributed by atoms with Crippen molar-refractivity contribution >= 4 is 18.0 Å². The predicted octanol–water partition coefficient (Wildman–Crippen LogP) is 0.107. The smallest absolute Gasteiger partial charge is 0.326 e. The number of aliphatic carboxylic acids is 2. The summed E-state index contributed by atoms with van der Waals surface area (Å²) in [5.41, 5.74) is 0. The fourth-order valence-corrected chi connectivity index (χ4v) is 2.35. The third-order valence-corrected chi connectivity index (χ3v) is 3.75. The van der Waals surface area contributed by atoms with Crippen LogP contribution < -0.4 is 5.32 Å². The first-order valence-corrected chi connectivity index (χ1v) is 6.99. The van der Waals surface area contributed by atoms with Crippen molar-refractivity contribution in [2.45, 2.75) is 44.8 Å². The number of carboxylic acids is 2. The summed E-state index contributed by atoms with van der Waals surface area (Å²) >= 11 is 0. The van der Waals surface area contributed by atoms with Gasteiger partial charge in [-0.15, -0.1) is 0 Å². The van der Waals surface area contributed by atoms with E-state index in [4.69, 9.17) is 10.2 Å². The van der Waals surface area contributed by atoms with Crippen molar-refractivity contribution in [1.29, 1.82) is 0 Å². The summed E-state index contributed by atoms with van der Waals surface area (Å²) in [5.74, 6) is -2.20. The van der Waals surface area contributed by atoms with Gasteiger partial charge in [-0.2, -0.15) is 0 Å². The van der Waals surface area contributed by atoms with Gasteiger partial charge in [0.25, 0.3) is 0 Å². The molecule has 1 heterocycles. The number of hydrogen-bond acceptors (Lipinski definition) is 4. The van der Waals surface area contributed by atoms with Crippen LogP contribution in [0.15, 0.2) is 0 Å². The highest BCUT2D eigenvalue weighted by molar-refractivity contribution is 5.83. The number of urea groups is 1. The molecule has 4 N–H and O–H groups in total. The highest BCUT2D eigenvalue weighted by Gasteiger charge is 2.28. The van der Waals surface area contributed by atoms with E-state index >= 15 is 0 Å². The maximum Gasteiger partial charge on any atom is 0.326 e. The lowest BCUT2D eigenvalue weighted by molar-refractivity contribution is -0.140. The fraction of sp³-hybridized carbons (Fsp3) is 0.769. The highest BCUT2D eigenvalue weighted by atomic mass is 16.4. The molecule has 2 amide bonds. The number of carbonyl (C=O) groups excluding carboxylic acids is 1. The molecule has 0 spiro atoms. The van der Waals surface area contributed by atoms with E-state index in [1.807, 2.05) is 0 Å². The summed E-state index contributed by atoms with van der Waals surface area (Å²) in [4.78, 5) is 35.0. The molecule has 1 aliphatic rings. The zero-order valence-electron chi connectivity index (χ0n) is 12.0. The summed E-state index contributed by atoms with van der Waals surface area (Å²) in [5, 5.41) is 29.4. The van der Waals surface area contributed by atoms with Crippen molar-refractivity contribution in [2.24, 2.45) is 5.92 Å². The number of hydrogen-bond donors (Lipinski definition) is 4. The summed E-state index contributed by atoms with van der Waals surface area (Å²) in [6.45, 7) is 2.62. The van der Waals surface area contributed by atoms with Gasteiger partial charge in [0.2, 0.25) is 0 Å². The van der Waals surface area contributed by atoms with Gasteiger partial charge >= 0.3 is 18.0 Å². The average molecular weight is 302 g/mol. The molecule has 0 radical (unpaired) electrons. The SMILES string of the molecule is CC(O)C1CCN(C(=O)NC(CCC(=O)O)C(=O)O)CC1. The first-order chi connectivity index (χ1) is 9.81. The van der Waals surface area contributed by atoms with Crippen molar-refractivity contribution in [3.63, 3.8) is 0 Å². The van der Waals surface area contributed by atoms with Gasteiger partial charge < -0.3 is 25.5 Å². The maximum atomic E-state index is 12.0.